The van der Waals surface area contributed by atoms with Crippen molar-refractivity contribution < 1.29 is 46.6 Å². The molecule has 0 aliphatic carbocycles. The Bertz CT molecular complexity index is 1090. The molecule has 0 saturated carbocycles. The van der Waals surface area contributed by atoms with Gasteiger partial charge in [-0.25, -0.2) is 4.57 Å². The normalized spacial score (nSPS) is 13.8. The van der Waals surface area contributed by atoms with Crippen molar-refractivity contribution in [2.45, 2.75) is 407 Å². The van der Waals surface area contributed by atoms with Crippen LogP contribution in [0.1, 0.15) is 388 Å². The van der Waals surface area contributed by atoms with E-state index in [1.54, 1.807) is 20.8 Å². The summed E-state index contributed by atoms with van der Waals surface area (Å²) >= 11 is 0. The van der Waals surface area contributed by atoms with Gasteiger partial charge in [0.25, 0.3) is 0 Å². The smallest absolute Gasteiger partial charge is 0.379 e. The van der Waals surface area contributed by atoms with Crippen LogP contribution in [-0.2, 0) is 46.6 Å². The van der Waals surface area contributed by atoms with E-state index in [-0.39, 0.29) is 0 Å². The molecule has 3 atom stereocenters. The Morgan fingerprint density at radius 1 is 0.205 bits per heavy atom. The van der Waals surface area contributed by atoms with Crippen LogP contribution in [0.3, 0.4) is 0 Å². The second-order valence-corrected chi connectivity index (χ2v) is 26.5. The second-order valence-electron chi connectivity index (χ2n) is 24.9. The third-order valence-corrected chi connectivity index (χ3v) is 18.2. The molecule has 0 aromatic carbocycles. The summed E-state index contributed by atoms with van der Waals surface area (Å²) < 4.78 is 66.8. The summed E-state index contributed by atoms with van der Waals surface area (Å²) in [5.74, 6) is 0. The zero-order valence-electron chi connectivity index (χ0n) is 56.8. The molecule has 0 bridgehead atoms. The topological polar surface area (TPSA) is 100 Å². The van der Waals surface area contributed by atoms with Crippen LogP contribution in [0.15, 0.2) is 0 Å². The minimum Gasteiger partial charge on any atom is -0.379 e. The van der Waals surface area contributed by atoms with Crippen molar-refractivity contribution in [1.29, 1.82) is 0 Å². The van der Waals surface area contributed by atoms with E-state index < -0.39 is 26.7 Å². The van der Waals surface area contributed by atoms with Gasteiger partial charge in [0, 0.05) is 19.8 Å². The van der Waals surface area contributed by atoms with E-state index in [0.29, 0.717) is 59.5 Å². The lowest BCUT2D eigenvalue weighted by Crippen LogP contribution is -2.23. The Balaban J connectivity index is 4.36. The highest BCUT2D eigenvalue weighted by molar-refractivity contribution is 7.48. The predicted octanol–water partition coefficient (Wildman–Crippen LogP) is 24.4. The first-order chi connectivity index (χ1) is 40.9. The molecule has 10 nitrogen and oxygen atoms in total. The molecule has 0 rings (SSSR count). The van der Waals surface area contributed by atoms with E-state index in [1.807, 2.05) is 0 Å². The third kappa shape index (κ3) is 69.2. The molecule has 11 heteroatoms. The number of hydrogen-bond acceptors (Lipinski definition) is 10. The molecule has 0 aliphatic rings. The molecule has 0 amide bonds. The number of phosphoric ester groups is 1. The lowest BCUT2D eigenvalue weighted by Gasteiger charge is -2.26. The maximum Gasteiger partial charge on any atom is 0.481 e. The molecule has 0 radical (unpaired) electrons. The molecule has 500 valence electrons. The van der Waals surface area contributed by atoms with E-state index >= 15 is 0 Å². The lowest BCUT2D eigenvalue weighted by molar-refractivity contribution is -0.156. The van der Waals surface area contributed by atoms with Gasteiger partial charge in [0.2, 0.25) is 0 Å². The molecule has 0 fully saturated rings. The van der Waals surface area contributed by atoms with Gasteiger partial charge < -0.3 is 28.4 Å². The first-order valence-corrected chi connectivity index (χ1v) is 38.6. The Morgan fingerprint density at radius 3 is 0.506 bits per heavy atom. The van der Waals surface area contributed by atoms with Crippen LogP contribution in [0.2, 0.25) is 0 Å². The van der Waals surface area contributed by atoms with Crippen molar-refractivity contribution >= 4 is 7.82 Å². The molecule has 0 saturated heterocycles. The average molecular weight is 1200 g/mol. The summed E-state index contributed by atoms with van der Waals surface area (Å²) in [6.45, 7) is 16.2. The van der Waals surface area contributed by atoms with Gasteiger partial charge in [0.05, 0.1) is 39.6 Å². The van der Waals surface area contributed by atoms with Crippen LogP contribution >= 0.6 is 7.82 Å². The first-order valence-electron chi connectivity index (χ1n) is 37.1. The highest BCUT2D eigenvalue weighted by Crippen LogP contribution is 2.53. The van der Waals surface area contributed by atoms with Gasteiger partial charge in [-0.3, -0.25) is 13.6 Å². The summed E-state index contributed by atoms with van der Waals surface area (Å²) in [4.78, 5) is 0. The van der Waals surface area contributed by atoms with Crippen molar-refractivity contribution in [3.05, 3.63) is 0 Å². The highest BCUT2D eigenvalue weighted by Gasteiger charge is 2.35. The van der Waals surface area contributed by atoms with Crippen LogP contribution in [-0.4, -0.2) is 78.3 Å². The summed E-state index contributed by atoms with van der Waals surface area (Å²) in [6.07, 6.45) is 70.9. The quantitative estimate of drug-likeness (QED) is 0.0332. The Kier molecular flexibility index (Phi) is 70.8. The van der Waals surface area contributed by atoms with E-state index in [1.165, 1.54) is 327 Å². The fourth-order valence-corrected chi connectivity index (χ4v) is 12.6. The standard InChI is InChI=1S/C72H147O10P/c1-7-10-13-16-19-22-25-28-31-34-37-40-43-46-49-52-55-58-61-74-64-67-77-70(4)80-83(73,81-71(5)78-68-65-75-62-59-56-53-50-47-44-41-38-35-32-29-26-23-20-17-14-11-8-2)82-72(6)79-69-66-76-63-60-57-54-51-48-45-42-39-36-33-30-27-24-21-18-15-12-9-3/h70-72H,7-69H2,1-6H3. The Morgan fingerprint density at radius 2 is 0.349 bits per heavy atom. The van der Waals surface area contributed by atoms with E-state index in [4.69, 9.17) is 42.0 Å². The predicted molar refractivity (Wildman–Crippen MR) is 356 cm³/mol. The summed E-state index contributed by atoms with van der Waals surface area (Å²) in [5, 5.41) is 0. The first kappa shape index (κ1) is 82.9. The van der Waals surface area contributed by atoms with Gasteiger partial charge in [0.15, 0.2) is 18.9 Å². The van der Waals surface area contributed by atoms with Gasteiger partial charge in [-0.05, 0) is 40.0 Å². The monoisotopic (exact) mass is 1200 g/mol. The Hall–Kier alpha value is -0.130. The molecular formula is C72H147O10P. The molecule has 0 aromatic heterocycles. The van der Waals surface area contributed by atoms with E-state index in [0.717, 1.165) is 19.3 Å². The maximum atomic E-state index is 14.1. The fourth-order valence-electron chi connectivity index (χ4n) is 11.2. The highest BCUT2D eigenvalue weighted by atomic mass is 31.2. The largest absolute Gasteiger partial charge is 0.481 e. The average Bonchev–Trinajstić information content (AvgIpc) is 3.57. The molecule has 0 N–H and O–H groups in total. The fraction of sp³-hybridized carbons (Fsp3) is 1.00. The van der Waals surface area contributed by atoms with E-state index in [9.17, 15) is 4.57 Å². The Labute approximate surface area is 518 Å². The van der Waals surface area contributed by atoms with Gasteiger partial charge >= 0.3 is 7.82 Å². The molecule has 0 spiro atoms. The van der Waals surface area contributed by atoms with Gasteiger partial charge in [-0.15, -0.1) is 0 Å². The van der Waals surface area contributed by atoms with Crippen LogP contribution in [0.4, 0.5) is 0 Å². The zero-order valence-corrected chi connectivity index (χ0v) is 57.7. The molecule has 0 heterocycles. The SMILES string of the molecule is CCCCCCCCCCCCCCCCCCCCOCCOC(C)OP(=O)(OC(C)OCCOCCCCCCCCCCCCCCCCCCCC)OC(C)OCCOCCCCCCCCCCCCCCCCCCCC. The minimum atomic E-state index is -4.18. The number of ether oxygens (including phenoxy) is 6. The lowest BCUT2D eigenvalue weighted by atomic mass is 10.0. The van der Waals surface area contributed by atoms with Crippen LogP contribution in [0.25, 0.3) is 0 Å². The minimum absolute atomic E-state index is 0.298. The number of rotatable bonds is 75. The van der Waals surface area contributed by atoms with Crippen molar-refractivity contribution in [3.8, 4) is 0 Å². The van der Waals surface area contributed by atoms with E-state index in [2.05, 4.69) is 20.8 Å². The molecule has 0 aliphatic heterocycles. The van der Waals surface area contributed by atoms with Crippen molar-refractivity contribution in [1.82, 2.24) is 0 Å². The van der Waals surface area contributed by atoms with Crippen LogP contribution in [0, 0.1) is 0 Å². The van der Waals surface area contributed by atoms with Crippen LogP contribution < -0.4 is 0 Å². The van der Waals surface area contributed by atoms with Gasteiger partial charge in [-0.2, -0.15) is 0 Å². The number of phosphoric acid groups is 1. The summed E-state index contributed by atoms with van der Waals surface area (Å²) in [7, 11) is -4.18. The van der Waals surface area contributed by atoms with Gasteiger partial charge in [0.1, 0.15) is 0 Å². The molecular weight excluding hydrogens is 1060 g/mol. The zero-order chi connectivity index (χ0) is 60.1. The van der Waals surface area contributed by atoms with Crippen molar-refractivity contribution in [2.75, 3.05) is 59.5 Å². The third-order valence-electron chi connectivity index (χ3n) is 16.5. The maximum absolute atomic E-state index is 14.1. The molecule has 0 aromatic rings. The summed E-state index contributed by atoms with van der Waals surface area (Å²) in [6, 6.07) is 0. The second kappa shape index (κ2) is 71.0. The van der Waals surface area contributed by atoms with Crippen molar-refractivity contribution in [3.63, 3.8) is 0 Å². The summed E-state index contributed by atoms with van der Waals surface area (Å²) in [5.41, 5.74) is 0. The van der Waals surface area contributed by atoms with Gasteiger partial charge in [-0.1, -0.05) is 348 Å². The van der Waals surface area contributed by atoms with Crippen molar-refractivity contribution in [2.24, 2.45) is 0 Å². The van der Waals surface area contributed by atoms with Crippen LogP contribution in [0.5, 0.6) is 0 Å². The molecule has 83 heavy (non-hydrogen) atoms. The number of unbranched alkanes of at least 4 members (excludes halogenated alkanes) is 51. The number of hydrogen-bond donors (Lipinski definition) is 0. The molecule has 3 unspecified atom stereocenters.